The van der Waals surface area contributed by atoms with E-state index < -0.39 is 11.9 Å². The van der Waals surface area contributed by atoms with Gasteiger partial charge in [-0.05, 0) is 12.8 Å². The standard InChI is InChI=1S/C12H18N2O4S/c1-7(15)18-10(16)5-3-2-4-9-11-8(6-19-9)13-12(17)14-11/h8-9,11H,2-6H2,1H3,(H2,13,14,17)/t8-,9-,11-/m0/s1. The molecule has 0 bridgehead atoms. The molecular weight excluding hydrogens is 268 g/mol. The minimum Gasteiger partial charge on any atom is -0.393 e. The summed E-state index contributed by atoms with van der Waals surface area (Å²) in [5.41, 5.74) is 0. The maximum absolute atomic E-state index is 11.2. The number of unbranched alkanes of at least 4 members (excludes halogenated alkanes) is 1. The molecule has 0 aromatic rings. The molecule has 0 spiro atoms. The first-order chi connectivity index (χ1) is 9.06. The Labute approximate surface area is 116 Å². The second kappa shape index (κ2) is 6.27. The number of carbonyl (C=O) groups is 3. The highest BCUT2D eigenvalue weighted by Gasteiger charge is 2.42. The van der Waals surface area contributed by atoms with Crippen LogP contribution in [0.15, 0.2) is 0 Å². The third-order valence-electron chi connectivity index (χ3n) is 3.32. The number of hydrogen-bond acceptors (Lipinski definition) is 5. The van der Waals surface area contributed by atoms with Gasteiger partial charge >= 0.3 is 18.0 Å². The minimum absolute atomic E-state index is 0.0784. The van der Waals surface area contributed by atoms with E-state index in [1.54, 1.807) is 0 Å². The molecule has 0 aromatic carbocycles. The van der Waals surface area contributed by atoms with Crippen LogP contribution in [0.4, 0.5) is 4.79 Å². The first kappa shape index (κ1) is 14.2. The quantitative estimate of drug-likeness (QED) is 0.338. The van der Waals surface area contributed by atoms with Gasteiger partial charge in [0, 0.05) is 24.3 Å². The van der Waals surface area contributed by atoms with Gasteiger partial charge < -0.3 is 15.4 Å². The molecule has 2 heterocycles. The zero-order chi connectivity index (χ0) is 13.8. The van der Waals surface area contributed by atoms with Crippen molar-refractivity contribution < 1.29 is 19.1 Å². The second-order valence-corrected chi connectivity index (χ2v) is 6.11. The fourth-order valence-electron chi connectivity index (χ4n) is 2.47. The molecule has 2 amide bonds. The third-order valence-corrected chi connectivity index (χ3v) is 4.82. The van der Waals surface area contributed by atoms with Crippen molar-refractivity contribution in [2.24, 2.45) is 0 Å². The van der Waals surface area contributed by atoms with Crippen LogP contribution in [0.1, 0.15) is 32.6 Å². The van der Waals surface area contributed by atoms with Gasteiger partial charge in [0.05, 0.1) is 12.1 Å². The van der Waals surface area contributed by atoms with Gasteiger partial charge in [-0.3, -0.25) is 9.59 Å². The molecule has 0 radical (unpaired) electrons. The summed E-state index contributed by atoms with van der Waals surface area (Å²) in [6.07, 6.45) is 2.84. The van der Waals surface area contributed by atoms with Gasteiger partial charge in [0.1, 0.15) is 0 Å². The fourth-order valence-corrected chi connectivity index (χ4v) is 4.01. The van der Waals surface area contributed by atoms with Crippen LogP contribution in [-0.4, -0.2) is 41.1 Å². The molecule has 2 aliphatic rings. The Morgan fingerprint density at radius 1 is 1.37 bits per heavy atom. The summed E-state index contributed by atoms with van der Waals surface area (Å²) in [6.45, 7) is 1.23. The largest absolute Gasteiger partial charge is 0.393 e. The van der Waals surface area contributed by atoms with E-state index in [1.165, 1.54) is 6.92 Å². The van der Waals surface area contributed by atoms with Crippen molar-refractivity contribution in [3.8, 4) is 0 Å². The smallest absolute Gasteiger partial charge is 0.315 e. The molecule has 0 unspecified atom stereocenters. The molecule has 106 valence electrons. The molecule has 19 heavy (non-hydrogen) atoms. The van der Waals surface area contributed by atoms with E-state index >= 15 is 0 Å². The lowest BCUT2D eigenvalue weighted by Crippen LogP contribution is -2.36. The summed E-state index contributed by atoms with van der Waals surface area (Å²) in [4.78, 5) is 32.9. The van der Waals surface area contributed by atoms with Crippen LogP contribution in [0, 0.1) is 0 Å². The predicted molar refractivity (Wildman–Crippen MR) is 70.7 cm³/mol. The molecule has 7 heteroatoms. The SMILES string of the molecule is CC(=O)OC(=O)CCCC[C@@H]1SC[C@@H]2NC(=O)N[C@@H]21. The number of amides is 2. The number of esters is 2. The predicted octanol–water partition coefficient (Wildman–Crippen LogP) is 0.802. The number of thioether (sulfide) groups is 1. The van der Waals surface area contributed by atoms with E-state index in [-0.39, 0.29) is 24.5 Å². The zero-order valence-electron chi connectivity index (χ0n) is 10.8. The van der Waals surface area contributed by atoms with Crippen molar-refractivity contribution in [3.63, 3.8) is 0 Å². The Bertz CT molecular complexity index is 388. The van der Waals surface area contributed by atoms with Gasteiger partial charge in [0.2, 0.25) is 0 Å². The van der Waals surface area contributed by atoms with E-state index in [1.807, 2.05) is 11.8 Å². The van der Waals surface area contributed by atoms with Gasteiger partial charge in [0.25, 0.3) is 0 Å². The molecule has 2 saturated heterocycles. The average molecular weight is 286 g/mol. The highest BCUT2D eigenvalue weighted by atomic mass is 32.2. The number of nitrogens with one attached hydrogen (secondary N) is 2. The summed E-state index contributed by atoms with van der Waals surface area (Å²) in [6, 6.07) is 0.372. The monoisotopic (exact) mass is 286 g/mol. The first-order valence-electron chi connectivity index (χ1n) is 6.46. The van der Waals surface area contributed by atoms with Crippen molar-refractivity contribution in [1.82, 2.24) is 10.6 Å². The summed E-state index contributed by atoms with van der Waals surface area (Å²) in [5, 5.41) is 6.24. The van der Waals surface area contributed by atoms with Gasteiger partial charge in [-0.1, -0.05) is 6.42 Å². The summed E-state index contributed by atoms with van der Waals surface area (Å²) in [7, 11) is 0. The zero-order valence-corrected chi connectivity index (χ0v) is 11.6. The average Bonchev–Trinajstić information content (AvgIpc) is 2.83. The molecule has 2 aliphatic heterocycles. The van der Waals surface area contributed by atoms with Crippen LogP contribution >= 0.6 is 11.8 Å². The van der Waals surface area contributed by atoms with Crippen LogP contribution in [0.3, 0.4) is 0 Å². The normalized spacial score (nSPS) is 28.5. The van der Waals surface area contributed by atoms with E-state index in [2.05, 4.69) is 15.4 Å². The van der Waals surface area contributed by atoms with Crippen molar-refractivity contribution in [3.05, 3.63) is 0 Å². The van der Waals surface area contributed by atoms with Gasteiger partial charge in [-0.25, -0.2) is 4.79 Å². The molecule has 0 aliphatic carbocycles. The van der Waals surface area contributed by atoms with Crippen LogP contribution < -0.4 is 10.6 Å². The minimum atomic E-state index is -0.557. The Morgan fingerprint density at radius 2 is 2.16 bits per heavy atom. The number of ether oxygens (including phenoxy) is 1. The Kier molecular flexibility index (Phi) is 4.68. The van der Waals surface area contributed by atoms with E-state index in [0.717, 1.165) is 18.6 Å². The van der Waals surface area contributed by atoms with Gasteiger partial charge in [-0.15, -0.1) is 0 Å². The lowest BCUT2D eigenvalue weighted by Gasteiger charge is -2.16. The van der Waals surface area contributed by atoms with E-state index in [4.69, 9.17) is 0 Å². The Balaban J connectivity index is 1.63. The number of rotatable bonds is 5. The molecule has 0 aromatic heterocycles. The highest BCUT2D eigenvalue weighted by Crippen LogP contribution is 2.33. The van der Waals surface area contributed by atoms with E-state index in [9.17, 15) is 14.4 Å². The summed E-state index contributed by atoms with van der Waals surface area (Å²) < 4.78 is 4.46. The molecule has 3 atom stereocenters. The summed E-state index contributed by atoms with van der Waals surface area (Å²) in [5.74, 6) is -0.0697. The van der Waals surface area contributed by atoms with Crippen molar-refractivity contribution in [1.29, 1.82) is 0 Å². The maximum Gasteiger partial charge on any atom is 0.315 e. The Morgan fingerprint density at radius 3 is 2.89 bits per heavy atom. The van der Waals surface area contributed by atoms with Crippen LogP contribution in [0.2, 0.25) is 0 Å². The molecule has 2 rings (SSSR count). The summed E-state index contributed by atoms with van der Waals surface area (Å²) >= 11 is 1.86. The molecule has 6 nitrogen and oxygen atoms in total. The third kappa shape index (κ3) is 3.86. The number of hydrogen-bond donors (Lipinski definition) is 2. The second-order valence-electron chi connectivity index (χ2n) is 4.83. The number of fused-ring (bicyclic) bond motifs is 1. The Hall–Kier alpha value is -1.24. The molecule has 0 saturated carbocycles. The molecular formula is C12H18N2O4S. The lowest BCUT2D eigenvalue weighted by molar-refractivity contribution is -0.158. The highest BCUT2D eigenvalue weighted by molar-refractivity contribution is 8.00. The van der Waals surface area contributed by atoms with Crippen LogP contribution in [0.25, 0.3) is 0 Å². The van der Waals surface area contributed by atoms with Crippen molar-refractivity contribution in [2.45, 2.75) is 49.9 Å². The van der Waals surface area contributed by atoms with Crippen LogP contribution in [-0.2, 0) is 14.3 Å². The van der Waals surface area contributed by atoms with E-state index in [0.29, 0.717) is 11.7 Å². The fraction of sp³-hybridized carbons (Fsp3) is 0.750. The lowest BCUT2D eigenvalue weighted by atomic mass is 10.0. The van der Waals surface area contributed by atoms with Gasteiger partial charge in [0.15, 0.2) is 0 Å². The maximum atomic E-state index is 11.2. The molecule has 2 fully saturated rings. The van der Waals surface area contributed by atoms with Crippen molar-refractivity contribution >= 4 is 29.7 Å². The number of urea groups is 1. The molecule has 2 N–H and O–H groups in total. The van der Waals surface area contributed by atoms with Gasteiger partial charge in [-0.2, -0.15) is 11.8 Å². The van der Waals surface area contributed by atoms with Crippen LogP contribution in [0.5, 0.6) is 0 Å². The first-order valence-corrected chi connectivity index (χ1v) is 7.51. The number of carbonyl (C=O) groups excluding carboxylic acids is 3. The van der Waals surface area contributed by atoms with Crippen molar-refractivity contribution in [2.75, 3.05) is 5.75 Å². The topological polar surface area (TPSA) is 84.5 Å².